The summed E-state index contributed by atoms with van der Waals surface area (Å²) in [7, 11) is 1.65. The van der Waals surface area contributed by atoms with Crippen molar-refractivity contribution in [2.45, 2.75) is 26.3 Å². The Morgan fingerprint density at radius 1 is 1.37 bits per heavy atom. The fraction of sp³-hybridized carbons (Fsp3) is 0.600. The first-order valence-corrected chi connectivity index (χ1v) is 6.74. The molecule has 0 saturated heterocycles. The lowest BCUT2D eigenvalue weighted by Gasteiger charge is -2.47. The predicted molar refractivity (Wildman–Crippen MR) is 77.9 cm³/mol. The zero-order valence-corrected chi connectivity index (χ0v) is 12.3. The Hall–Kier alpha value is -1.13. The lowest BCUT2D eigenvalue weighted by atomic mass is 9.84. The van der Waals surface area contributed by atoms with Crippen molar-refractivity contribution >= 4 is 5.69 Å². The van der Waals surface area contributed by atoms with E-state index in [1.54, 1.807) is 19.2 Å². The third kappa shape index (κ3) is 3.07. The van der Waals surface area contributed by atoms with E-state index >= 15 is 0 Å². The Balaban J connectivity index is 3.28. The molecule has 0 heterocycles. The number of anilines is 1. The van der Waals surface area contributed by atoms with Crippen LogP contribution >= 0.6 is 0 Å². The van der Waals surface area contributed by atoms with Gasteiger partial charge in [-0.1, -0.05) is 26.0 Å². The fourth-order valence-corrected chi connectivity index (χ4v) is 2.61. The van der Waals surface area contributed by atoms with Crippen molar-refractivity contribution in [3.8, 4) is 0 Å². The number of para-hydroxylation sites is 1. The highest BCUT2D eigenvalue weighted by molar-refractivity contribution is 5.51. The number of halogens is 1. The average Bonchev–Trinajstić information content (AvgIpc) is 2.40. The average molecular weight is 268 g/mol. The number of methoxy groups -OCH3 is 1. The zero-order valence-electron chi connectivity index (χ0n) is 12.3. The number of nitrogens with two attached hydrogens (primary N) is 1. The van der Waals surface area contributed by atoms with Crippen LogP contribution in [-0.2, 0) is 4.74 Å². The maximum absolute atomic E-state index is 14.1. The van der Waals surface area contributed by atoms with E-state index in [-0.39, 0.29) is 11.7 Å². The molecule has 1 unspecified atom stereocenters. The fourth-order valence-electron chi connectivity index (χ4n) is 2.61. The Morgan fingerprint density at radius 3 is 2.42 bits per heavy atom. The molecule has 0 bridgehead atoms. The van der Waals surface area contributed by atoms with E-state index in [1.807, 2.05) is 17.9 Å². The molecule has 1 aromatic carbocycles. The van der Waals surface area contributed by atoms with E-state index < -0.39 is 5.54 Å². The first-order valence-electron chi connectivity index (χ1n) is 6.74. The minimum absolute atomic E-state index is 0.223. The largest absolute Gasteiger partial charge is 0.382 e. The molecule has 2 N–H and O–H groups in total. The van der Waals surface area contributed by atoms with Crippen LogP contribution in [0.4, 0.5) is 10.1 Å². The number of nitrogens with zero attached hydrogens (tertiary/aromatic N) is 1. The van der Waals surface area contributed by atoms with Crippen molar-refractivity contribution in [3.05, 3.63) is 30.1 Å². The summed E-state index contributed by atoms with van der Waals surface area (Å²) in [5, 5.41) is 0. The molecular formula is C15H25FN2O. The van der Waals surface area contributed by atoms with Gasteiger partial charge in [0.2, 0.25) is 0 Å². The topological polar surface area (TPSA) is 38.5 Å². The van der Waals surface area contributed by atoms with Crippen molar-refractivity contribution in [2.24, 2.45) is 11.7 Å². The molecule has 0 fully saturated rings. The summed E-state index contributed by atoms with van der Waals surface area (Å²) in [4.78, 5) is 2.02. The molecule has 19 heavy (non-hydrogen) atoms. The second-order valence-electron chi connectivity index (χ2n) is 5.09. The summed E-state index contributed by atoms with van der Waals surface area (Å²) >= 11 is 0. The highest BCUT2D eigenvalue weighted by Crippen LogP contribution is 2.31. The number of ether oxygens (including phenoxy) is 1. The predicted octanol–water partition coefficient (Wildman–Crippen LogP) is 2.65. The number of rotatable bonds is 7. The van der Waals surface area contributed by atoms with Gasteiger partial charge in [-0.3, -0.25) is 0 Å². The minimum Gasteiger partial charge on any atom is -0.382 e. The molecular weight excluding hydrogens is 243 g/mol. The Kier molecular flexibility index (Phi) is 5.76. The van der Waals surface area contributed by atoms with E-state index in [4.69, 9.17) is 10.5 Å². The van der Waals surface area contributed by atoms with Gasteiger partial charge in [0, 0.05) is 20.2 Å². The molecule has 0 aliphatic heterocycles. The summed E-state index contributed by atoms with van der Waals surface area (Å²) in [5.41, 5.74) is 6.20. The van der Waals surface area contributed by atoms with Crippen molar-refractivity contribution < 1.29 is 9.13 Å². The van der Waals surface area contributed by atoms with Crippen LogP contribution in [0.15, 0.2) is 24.3 Å². The number of likely N-dealkylation sites (N-methyl/N-ethyl adjacent to an activating group) is 1. The van der Waals surface area contributed by atoms with E-state index in [0.717, 1.165) is 0 Å². The summed E-state index contributed by atoms with van der Waals surface area (Å²) in [6, 6.07) is 6.81. The second kappa shape index (κ2) is 6.87. The zero-order chi connectivity index (χ0) is 14.5. The molecule has 0 amide bonds. The molecule has 1 atom stereocenters. The first kappa shape index (κ1) is 15.9. The third-order valence-electron chi connectivity index (χ3n) is 3.82. The normalized spacial score (nSPS) is 14.5. The molecule has 0 spiro atoms. The van der Waals surface area contributed by atoms with Gasteiger partial charge in [0.15, 0.2) is 0 Å². The molecule has 0 aromatic heterocycles. The van der Waals surface area contributed by atoms with Gasteiger partial charge < -0.3 is 15.4 Å². The molecule has 0 aliphatic rings. The molecule has 0 aliphatic carbocycles. The maximum Gasteiger partial charge on any atom is 0.146 e. The van der Waals surface area contributed by atoms with Crippen LogP contribution in [-0.4, -0.2) is 32.3 Å². The van der Waals surface area contributed by atoms with E-state index in [9.17, 15) is 4.39 Å². The summed E-state index contributed by atoms with van der Waals surface area (Å²) in [6.45, 7) is 7.77. The van der Waals surface area contributed by atoms with Crippen molar-refractivity contribution in [3.63, 3.8) is 0 Å². The molecule has 1 aromatic rings. The minimum atomic E-state index is -0.397. The molecule has 0 radical (unpaired) electrons. The van der Waals surface area contributed by atoms with Crippen LogP contribution in [0.5, 0.6) is 0 Å². The van der Waals surface area contributed by atoms with E-state index in [1.165, 1.54) is 6.07 Å². The van der Waals surface area contributed by atoms with Crippen LogP contribution in [0.2, 0.25) is 0 Å². The molecule has 0 saturated carbocycles. The highest BCUT2D eigenvalue weighted by atomic mass is 19.1. The summed E-state index contributed by atoms with van der Waals surface area (Å²) in [6.07, 6.45) is 0. The molecule has 1 rings (SSSR count). The third-order valence-corrected chi connectivity index (χ3v) is 3.82. The lowest BCUT2D eigenvalue weighted by molar-refractivity contribution is 0.103. The number of hydrogen-bond acceptors (Lipinski definition) is 3. The van der Waals surface area contributed by atoms with Crippen molar-refractivity contribution in [2.75, 3.05) is 31.7 Å². The monoisotopic (exact) mass is 268 g/mol. The molecule has 4 heteroatoms. The van der Waals surface area contributed by atoms with Gasteiger partial charge in [0.1, 0.15) is 5.82 Å². The van der Waals surface area contributed by atoms with Crippen LogP contribution in [0, 0.1) is 11.7 Å². The second-order valence-corrected chi connectivity index (χ2v) is 5.09. The number of hydrogen-bond donors (Lipinski definition) is 1. The van der Waals surface area contributed by atoms with Crippen LogP contribution < -0.4 is 10.6 Å². The summed E-state index contributed by atoms with van der Waals surface area (Å²) < 4.78 is 19.4. The Labute approximate surface area is 115 Å². The SMILES string of the molecule is CCN(c1ccccc1F)C(CN)(COC)C(C)C. The van der Waals surface area contributed by atoms with Gasteiger partial charge in [-0.25, -0.2) is 4.39 Å². The highest BCUT2D eigenvalue weighted by Gasteiger charge is 2.39. The van der Waals surface area contributed by atoms with Crippen LogP contribution in [0.1, 0.15) is 20.8 Å². The van der Waals surface area contributed by atoms with Gasteiger partial charge in [-0.15, -0.1) is 0 Å². The Bertz CT molecular complexity index is 397. The van der Waals surface area contributed by atoms with E-state index in [0.29, 0.717) is 25.4 Å². The van der Waals surface area contributed by atoms with Crippen molar-refractivity contribution in [1.82, 2.24) is 0 Å². The van der Waals surface area contributed by atoms with Crippen LogP contribution in [0.3, 0.4) is 0 Å². The maximum atomic E-state index is 14.1. The van der Waals surface area contributed by atoms with Crippen LogP contribution in [0.25, 0.3) is 0 Å². The van der Waals surface area contributed by atoms with E-state index in [2.05, 4.69) is 13.8 Å². The number of benzene rings is 1. The first-order chi connectivity index (χ1) is 9.03. The molecule has 3 nitrogen and oxygen atoms in total. The van der Waals surface area contributed by atoms with Gasteiger partial charge in [0.05, 0.1) is 17.8 Å². The standard InChI is InChI=1S/C15H25FN2O/c1-5-18(14-9-7-6-8-13(14)16)15(10-17,11-19-4)12(2)3/h6-9,12H,5,10-11,17H2,1-4H3. The van der Waals surface area contributed by atoms with Gasteiger partial charge >= 0.3 is 0 Å². The lowest BCUT2D eigenvalue weighted by Crippen LogP contribution is -2.61. The molecule has 108 valence electrons. The Morgan fingerprint density at radius 2 is 2.00 bits per heavy atom. The van der Waals surface area contributed by atoms with Gasteiger partial charge in [-0.2, -0.15) is 0 Å². The smallest absolute Gasteiger partial charge is 0.146 e. The summed E-state index contributed by atoms with van der Waals surface area (Å²) in [5.74, 6) is 0.0240. The van der Waals surface area contributed by atoms with Crippen molar-refractivity contribution in [1.29, 1.82) is 0 Å². The van der Waals surface area contributed by atoms with Gasteiger partial charge in [0.25, 0.3) is 0 Å². The van der Waals surface area contributed by atoms with Gasteiger partial charge in [-0.05, 0) is 25.0 Å². The quantitative estimate of drug-likeness (QED) is 0.826.